The summed E-state index contributed by atoms with van der Waals surface area (Å²) >= 11 is 0. The number of nitrogens with one attached hydrogen (secondary N) is 1. The number of allylic oxidation sites excluding steroid dienone is 5. The number of hydrogen-bond donors (Lipinski definition) is 1. The van der Waals surface area contributed by atoms with Crippen molar-refractivity contribution in [3.63, 3.8) is 0 Å². The Hall–Kier alpha value is -2.10. The average molecular weight is 303 g/mol. The van der Waals surface area contributed by atoms with E-state index in [4.69, 9.17) is 0 Å². The molecule has 0 radical (unpaired) electrons. The van der Waals surface area contributed by atoms with Crippen LogP contribution in [0.25, 0.3) is 0 Å². The van der Waals surface area contributed by atoms with Crippen molar-refractivity contribution in [2.45, 2.75) is 40.0 Å². The van der Waals surface area contributed by atoms with Crippen LogP contribution in [0.2, 0.25) is 0 Å². The summed E-state index contributed by atoms with van der Waals surface area (Å²) in [4.78, 5) is 22.5. The number of carbonyl (C=O) groups excluding carboxylic acids is 2. The van der Waals surface area contributed by atoms with Crippen LogP contribution in [-0.2, 0) is 14.3 Å². The van der Waals surface area contributed by atoms with E-state index in [1.165, 1.54) is 49.0 Å². The van der Waals surface area contributed by atoms with E-state index in [9.17, 15) is 9.59 Å². The second kappa shape index (κ2) is 8.37. The smallest absolute Gasteiger partial charge is 0.330 e. The molecule has 0 heterocycles. The average Bonchev–Trinajstić information content (AvgIpc) is 2.46. The molecule has 0 aliphatic heterocycles. The first kappa shape index (κ1) is 18.0. The molecule has 1 N–H and O–H groups in total. The zero-order valence-electron chi connectivity index (χ0n) is 13.8. The molecule has 0 atom stereocenters. The number of esters is 1. The summed E-state index contributed by atoms with van der Waals surface area (Å²) in [6, 6.07) is 0. The second-order valence-electron chi connectivity index (χ2n) is 6.01. The molecular formula is C18H25NO3. The molecule has 120 valence electrons. The summed E-state index contributed by atoms with van der Waals surface area (Å²) in [6.07, 6.45) is 12.7. The Morgan fingerprint density at radius 1 is 1.23 bits per heavy atom. The fraction of sp³-hybridized carbons (Fsp3) is 0.444. The van der Waals surface area contributed by atoms with E-state index in [2.05, 4.69) is 30.8 Å². The van der Waals surface area contributed by atoms with Gasteiger partial charge in [0.05, 0.1) is 7.11 Å². The van der Waals surface area contributed by atoms with Crippen LogP contribution in [0, 0.1) is 5.41 Å². The van der Waals surface area contributed by atoms with Gasteiger partial charge in [-0.2, -0.15) is 0 Å². The minimum Gasteiger partial charge on any atom is -0.466 e. The van der Waals surface area contributed by atoms with Crippen molar-refractivity contribution in [2.75, 3.05) is 7.11 Å². The molecule has 0 aromatic rings. The van der Waals surface area contributed by atoms with E-state index < -0.39 is 5.97 Å². The molecule has 22 heavy (non-hydrogen) atoms. The van der Waals surface area contributed by atoms with Crippen molar-refractivity contribution in [3.05, 3.63) is 47.7 Å². The molecule has 1 rings (SSSR count). The number of rotatable bonds is 5. The summed E-state index contributed by atoms with van der Waals surface area (Å²) in [5.41, 5.74) is 2.84. The molecule has 0 spiro atoms. The summed E-state index contributed by atoms with van der Waals surface area (Å²) in [5, 5.41) is 2.70. The first-order valence-corrected chi connectivity index (χ1v) is 7.47. The van der Waals surface area contributed by atoms with Gasteiger partial charge in [0.1, 0.15) is 0 Å². The molecule has 4 nitrogen and oxygen atoms in total. The van der Waals surface area contributed by atoms with Crippen LogP contribution in [-0.4, -0.2) is 19.0 Å². The van der Waals surface area contributed by atoms with Gasteiger partial charge >= 0.3 is 5.97 Å². The van der Waals surface area contributed by atoms with Gasteiger partial charge < -0.3 is 10.1 Å². The van der Waals surface area contributed by atoms with Gasteiger partial charge in [-0.3, -0.25) is 4.79 Å². The largest absolute Gasteiger partial charge is 0.466 e. The number of hydrogen-bond acceptors (Lipinski definition) is 3. The lowest BCUT2D eigenvalue weighted by molar-refractivity contribution is -0.134. The Morgan fingerprint density at radius 2 is 1.91 bits per heavy atom. The lowest BCUT2D eigenvalue weighted by atomic mass is 9.73. The van der Waals surface area contributed by atoms with Crippen molar-refractivity contribution < 1.29 is 14.3 Å². The minimum atomic E-state index is -0.452. The minimum absolute atomic E-state index is 0.155. The fourth-order valence-electron chi connectivity index (χ4n) is 2.61. The van der Waals surface area contributed by atoms with Crippen molar-refractivity contribution >= 4 is 11.9 Å². The van der Waals surface area contributed by atoms with Crippen LogP contribution in [0.5, 0.6) is 0 Å². The Morgan fingerprint density at radius 3 is 2.55 bits per heavy atom. The predicted molar refractivity (Wildman–Crippen MR) is 87.9 cm³/mol. The van der Waals surface area contributed by atoms with Gasteiger partial charge in [-0.15, -0.1) is 0 Å². The highest BCUT2D eigenvalue weighted by molar-refractivity contribution is 5.89. The summed E-state index contributed by atoms with van der Waals surface area (Å²) in [7, 11) is 1.30. The molecule has 0 aromatic heterocycles. The maximum Gasteiger partial charge on any atom is 0.330 e. The first-order chi connectivity index (χ1) is 10.4. The molecule has 0 aromatic carbocycles. The third-order valence-electron chi connectivity index (χ3n) is 3.81. The summed E-state index contributed by atoms with van der Waals surface area (Å²) in [5.74, 6) is -0.690. The van der Waals surface area contributed by atoms with Crippen molar-refractivity contribution in [1.29, 1.82) is 0 Å². The highest BCUT2D eigenvalue weighted by Gasteiger charge is 2.26. The van der Waals surface area contributed by atoms with Gasteiger partial charge in [-0.1, -0.05) is 31.6 Å². The third-order valence-corrected chi connectivity index (χ3v) is 3.81. The van der Waals surface area contributed by atoms with Gasteiger partial charge in [-0.05, 0) is 43.3 Å². The summed E-state index contributed by atoms with van der Waals surface area (Å²) < 4.78 is 4.44. The van der Waals surface area contributed by atoms with Crippen LogP contribution < -0.4 is 5.32 Å². The monoisotopic (exact) mass is 303 g/mol. The predicted octanol–water partition coefficient (Wildman–Crippen LogP) is 3.43. The third kappa shape index (κ3) is 5.72. The normalized spacial score (nSPS) is 18.4. The van der Waals surface area contributed by atoms with Crippen molar-refractivity contribution in [3.8, 4) is 0 Å². The number of carbonyl (C=O) groups is 2. The van der Waals surface area contributed by atoms with Crippen molar-refractivity contribution in [2.24, 2.45) is 5.41 Å². The lowest BCUT2D eigenvalue weighted by Crippen LogP contribution is -2.20. The lowest BCUT2D eigenvalue weighted by Gasteiger charge is -2.32. The maximum absolute atomic E-state index is 11.6. The van der Waals surface area contributed by atoms with Gasteiger partial charge in [0.25, 0.3) is 0 Å². The highest BCUT2D eigenvalue weighted by atomic mass is 16.5. The fourth-order valence-corrected chi connectivity index (χ4v) is 2.61. The molecule has 0 bridgehead atoms. The SMILES string of the molecule is COC(=O)/C=C/C=C/C(=O)N/C=C/C1=C(C)CCCC1(C)C. The Kier molecular flexibility index (Phi) is 6.83. The maximum atomic E-state index is 11.6. The zero-order valence-corrected chi connectivity index (χ0v) is 13.8. The summed E-state index contributed by atoms with van der Waals surface area (Å²) in [6.45, 7) is 6.61. The van der Waals surface area contributed by atoms with E-state index >= 15 is 0 Å². The second-order valence-corrected chi connectivity index (χ2v) is 6.01. The molecule has 0 unspecified atom stereocenters. The van der Waals surface area contributed by atoms with Crippen LogP contribution in [0.4, 0.5) is 0 Å². The van der Waals surface area contributed by atoms with Crippen LogP contribution in [0.1, 0.15) is 40.0 Å². The Bertz CT molecular complexity index is 537. The van der Waals surface area contributed by atoms with Crippen LogP contribution in [0.15, 0.2) is 47.7 Å². The zero-order chi connectivity index (χ0) is 16.6. The van der Waals surface area contributed by atoms with Gasteiger partial charge in [0.15, 0.2) is 0 Å². The van der Waals surface area contributed by atoms with Gasteiger partial charge in [0.2, 0.25) is 5.91 Å². The number of ether oxygens (including phenoxy) is 1. The molecule has 0 saturated carbocycles. The number of methoxy groups -OCH3 is 1. The molecule has 4 heteroatoms. The first-order valence-electron chi connectivity index (χ1n) is 7.47. The molecular weight excluding hydrogens is 278 g/mol. The van der Waals surface area contributed by atoms with Crippen LogP contribution in [0.3, 0.4) is 0 Å². The van der Waals surface area contributed by atoms with Crippen LogP contribution >= 0.6 is 0 Å². The molecule has 1 aliphatic rings. The molecule has 0 saturated heterocycles. The van der Waals surface area contributed by atoms with Crippen molar-refractivity contribution in [1.82, 2.24) is 5.32 Å². The Balaban J connectivity index is 2.55. The standard InChI is InChI=1S/C18H25NO3/c1-14-8-7-12-18(2,3)15(14)11-13-19-16(20)9-5-6-10-17(21)22-4/h5-6,9-11,13H,7-8,12H2,1-4H3,(H,19,20)/b9-5+,10-6+,13-11+. The molecule has 1 amide bonds. The molecule has 0 fully saturated rings. The van der Waals surface area contributed by atoms with Gasteiger partial charge in [0, 0.05) is 18.4 Å². The topological polar surface area (TPSA) is 55.4 Å². The van der Waals surface area contributed by atoms with E-state index in [0.29, 0.717) is 0 Å². The number of amides is 1. The van der Waals surface area contributed by atoms with E-state index in [0.717, 1.165) is 12.8 Å². The highest BCUT2D eigenvalue weighted by Crippen LogP contribution is 2.40. The van der Waals surface area contributed by atoms with E-state index in [1.54, 1.807) is 6.20 Å². The van der Waals surface area contributed by atoms with E-state index in [1.807, 2.05) is 6.08 Å². The van der Waals surface area contributed by atoms with E-state index in [-0.39, 0.29) is 11.3 Å². The molecule has 1 aliphatic carbocycles. The Labute approximate surface area is 132 Å². The quantitative estimate of drug-likeness (QED) is 0.481. The van der Waals surface area contributed by atoms with Gasteiger partial charge in [-0.25, -0.2) is 4.79 Å².